The fourth-order valence-electron chi connectivity index (χ4n) is 0.355. The first-order valence-electron chi connectivity index (χ1n) is 3.61. The summed E-state index contributed by atoms with van der Waals surface area (Å²) in [6.07, 6.45) is 1.32. The first-order chi connectivity index (χ1) is 6.02. The molecule has 0 aromatic rings. The van der Waals surface area contributed by atoms with E-state index < -0.39 is 27.6 Å². The minimum Gasteiger partial charge on any atom is -0.262 e. The highest BCUT2D eigenvalue weighted by Crippen LogP contribution is 2.27. The van der Waals surface area contributed by atoms with E-state index in [4.69, 9.17) is 0 Å². The van der Waals surface area contributed by atoms with Crippen LogP contribution in [-0.2, 0) is 14.3 Å². The molecule has 0 bridgehead atoms. The lowest BCUT2D eigenvalue weighted by Crippen LogP contribution is -2.29. The summed E-state index contributed by atoms with van der Waals surface area (Å²) in [5, 5.41) is 0. The zero-order valence-electron chi connectivity index (χ0n) is 7.76. The van der Waals surface area contributed by atoms with E-state index in [-0.39, 0.29) is 0 Å². The third-order valence-corrected chi connectivity index (χ3v) is 2.42. The van der Waals surface area contributed by atoms with Crippen molar-refractivity contribution in [2.75, 3.05) is 6.61 Å². The molecule has 0 aliphatic rings. The Morgan fingerprint density at radius 3 is 2.07 bits per heavy atom. The normalized spacial score (nSPS) is 14.1. The molecule has 0 N–H and O–H groups in total. The summed E-state index contributed by atoms with van der Waals surface area (Å²) in [6, 6.07) is 0. The number of rotatable bonds is 4. The van der Waals surface area contributed by atoms with Gasteiger partial charge in [0.05, 0.1) is 6.61 Å². The lowest BCUT2D eigenvalue weighted by Gasteiger charge is -2.19. The highest BCUT2D eigenvalue weighted by Gasteiger charge is 2.47. The van der Waals surface area contributed by atoms with Gasteiger partial charge in [0, 0.05) is 5.41 Å². The molecular weight excluding hydrogens is 221 g/mol. The van der Waals surface area contributed by atoms with E-state index in [1.165, 1.54) is 19.9 Å². The predicted octanol–water partition coefficient (Wildman–Crippen LogP) is 2.06. The fraction of sp³-hybridized carbons (Fsp3) is 0.714. The molecule has 3 nitrogen and oxygen atoms in total. The summed E-state index contributed by atoms with van der Waals surface area (Å²) in [7, 11) is -5.49. The molecule has 14 heavy (non-hydrogen) atoms. The number of hydrogen-bond donors (Lipinski definition) is 0. The molecule has 0 amide bonds. The summed E-state index contributed by atoms with van der Waals surface area (Å²) in [5.41, 5.74) is -6.19. The Morgan fingerprint density at radius 2 is 1.79 bits per heavy atom. The lowest BCUT2D eigenvalue weighted by atomic mass is 9.96. The topological polar surface area (TPSA) is 43.4 Å². The molecule has 0 heterocycles. The van der Waals surface area contributed by atoms with E-state index in [0.29, 0.717) is 0 Å². The standard InChI is InChI=1S/C7H11F3O3S/c1-4-6(2,3)5-13-14(11,12)7(8,9)10/h4H,1,5H2,2-3H3. The van der Waals surface area contributed by atoms with Gasteiger partial charge in [0.25, 0.3) is 0 Å². The van der Waals surface area contributed by atoms with Gasteiger partial charge in [-0.05, 0) is 0 Å². The van der Waals surface area contributed by atoms with Crippen molar-refractivity contribution < 1.29 is 25.8 Å². The molecular formula is C7H11F3O3S. The van der Waals surface area contributed by atoms with Crippen LogP contribution in [-0.4, -0.2) is 20.5 Å². The zero-order chi connectivity index (χ0) is 11.6. The van der Waals surface area contributed by atoms with Gasteiger partial charge >= 0.3 is 15.6 Å². The minimum absolute atomic E-state index is 0.585. The molecule has 0 atom stereocenters. The summed E-state index contributed by atoms with van der Waals surface area (Å²) in [5.74, 6) is 0. The van der Waals surface area contributed by atoms with Crippen LogP contribution in [0.4, 0.5) is 13.2 Å². The summed E-state index contributed by atoms with van der Waals surface area (Å²) in [6.45, 7) is 5.77. The molecule has 0 rings (SSSR count). The van der Waals surface area contributed by atoms with E-state index >= 15 is 0 Å². The maximum absolute atomic E-state index is 11.8. The van der Waals surface area contributed by atoms with Gasteiger partial charge in [-0.2, -0.15) is 21.6 Å². The zero-order valence-corrected chi connectivity index (χ0v) is 8.57. The van der Waals surface area contributed by atoms with Gasteiger partial charge in [-0.3, -0.25) is 4.18 Å². The Balaban J connectivity index is 4.51. The Hall–Kier alpha value is -0.560. The van der Waals surface area contributed by atoms with Gasteiger partial charge in [0.1, 0.15) is 0 Å². The van der Waals surface area contributed by atoms with Crippen LogP contribution in [0.15, 0.2) is 12.7 Å². The van der Waals surface area contributed by atoms with Gasteiger partial charge in [-0.15, -0.1) is 6.58 Å². The first kappa shape index (κ1) is 13.4. The van der Waals surface area contributed by atoms with Crippen LogP contribution >= 0.6 is 0 Å². The minimum atomic E-state index is -5.49. The van der Waals surface area contributed by atoms with Crippen molar-refractivity contribution in [3.63, 3.8) is 0 Å². The second-order valence-corrected chi connectivity index (χ2v) is 4.96. The van der Waals surface area contributed by atoms with Crippen LogP contribution in [0.2, 0.25) is 0 Å². The molecule has 7 heteroatoms. The highest BCUT2D eigenvalue weighted by molar-refractivity contribution is 7.87. The van der Waals surface area contributed by atoms with Crippen LogP contribution < -0.4 is 0 Å². The van der Waals surface area contributed by atoms with E-state index in [2.05, 4.69) is 10.8 Å². The van der Waals surface area contributed by atoms with Gasteiger partial charge in [0.15, 0.2) is 0 Å². The molecule has 0 aliphatic carbocycles. The molecule has 0 fully saturated rings. The van der Waals surface area contributed by atoms with Crippen LogP contribution in [0.5, 0.6) is 0 Å². The van der Waals surface area contributed by atoms with Crippen molar-refractivity contribution >= 4 is 10.1 Å². The fourth-order valence-corrected chi connectivity index (χ4v) is 0.948. The van der Waals surface area contributed by atoms with Crippen molar-refractivity contribution in [3.05, 3.63) is 12.7 Å². The highest BCUT2D eigenvalue weighted by atomic mass is 32.2. The smallest absolute Gasteiger partial charge is 0.262 e. The van der Waals surface area contributed by atoms with Crippen molar-refractivity contribution in [3.8, 4) is 0 Å². The van der Waals surface area contributed by atoms with Gasteiger partial charge in [0.2, 0.25) is 0 Å². The number of hydrogen-bond acceptors (Lipinski definition) is 3. The Kier molecular flexibility index (Phi) is 3.74. The third-order valence-electron chi connectivity index (χ3n) is 1.42. The molecule has 0 aromatic heterocycles. The average molecular weight is 232 g/mol. The van der Waals surface area contributed by atoms with Crippen LogP contribution in [0.25, 0.3) is 0 Å². The largest absolute Gasteiger partial charge is 0.523 e. The van der Waals surface area contributed by atoms with E-state index in [1.807, 2.05) is 0 Å². The maximum Gasteiger partial charge on any atom is 0.523 e. The van der Waals surface area contributed by atoms with E-state index in [0.717, 1.165) is 0 Å². The van der Waals surface area contributed by atoms with E-state index in [1.54, 1.807) is 0 Å². The quantitative estimate of drug-likeness (QED) is 0.423. The SMILES string of the molecule is C=CC(C)(C)COS(=O)(=O)C(F)(F)F. The van der Waals surface area contributed by atoms with Crippen molar-refractivity contribution in [2.24, 2.45) is 5.41 Å². The molecule has 0 aliphatic heterocycles. The summed E-state index contributed by atoms with van der Waals surface area (Å²) >= 11 is 0. The molecule has 0 saturated carbocycles. The van der Waals surface area contributed by atoms with Gasteiger partial charge in [-0.25, -0.2) is 0 Å². The second kappa shape index (κ2) is 3.90. The monoisotopic (exact) mass is 232 g/mol. The van der Waals surface area contributed by atoms with Crippen LogP contribution in [0.1, 0.15) is 13.8 Å². The van der Waals surface area contributed by atoms with Crippen molar-refractivity contribution in [1.29, 1.82) is 0 Å². The molecule has 0 saturated heterocycles. The Morgan fingerprint density at radius 1 is 1.36 bits per heavy atom. The van der Waals surface area contributed by atoms with Gasteiger partial charge in [-0.1, -0.05) is 19.9 Å². The lowest BCUT2D eigenvalue weighted by molar-refractivity contribution is -0.0555. The third kappa shape index (κ3) is 3.67. The predicted molar refractivity (Wildman–Crippen MR) is 44.9 cm³/mol. The average Bonchev–Trinajstić information content (AvgIpc) is 1.99. The van der Waals surface area contributed by atoms with Crippen molar-refractivity contribution in [1.82, 2.24) is 0 Å². The van der Waals surface area contributed by atoms with Crippen LogP contribution in [0, 0.1) is 5.41 Å². The van der Waals surface area contributed by atoms with Crippen LogP contribution in [0.3, 0.4) is 0 Å². The number of alkyl halides is 3. The number of halogens is 3. The summed E-state index contributed by atoms with van der Waals surface area (Å²) in [4.78, 5) is 0. The van der Waals surface area contributed by atoms with Crippen molar-refractivity contribution in [2.45, 2.75) is 19.4 Å². The van der Waals surface area contributed by atoms with E-state index in [9.17, 15) is 21.6 Å². The second-order valence-electron chi connectivity index (χ2n) is 3.35. The molecule has 0 unspecified atom stereocenters. The molecule has 0 aromatic carbocycles. The molecule has 0 radical (unpaired) electrons. The Labute approximate surface area is 80.7 Å². The molecule has 84 valence electrons. The van der Waals surface area contributed by atoms with Gasteiger partial charge < -0.3 is 0 Å². The summed E-state index contributed by atoms with van der Waals surface area (Å²) < 4.78 is 60.0. The molecule has 0 spiro atoms. The first-order valence-corrected chi connectivity index (χ1v) is 5.02. The maximum atomic E-state index is 11.8. The Bertz CT molecular complexity index is 303.